The fourth-order valence-electron chi connectivity index (χ4n) is 3.25. The molecule has 1 atom stereocenters. The van der Waals surface area contributed by atoms with Gasteiger partial charge in [0.1, 0.15) is 5.69 Å². The molecule has 118 valence electrons. The lowest BCUT2D eigenvalue weighted by molar-refractivity contribution is 0.0687. The van der Waals surface area contributed by atoms with Gasteiger partial charge in [-0.2, -0.15) is 10.2 Å². The number of rotatable bonds is 5. The quantitative estimate of drug-likeness (QED) is 0.782. The molecule has 0 bridgehead atoms. The molecular formula is C15H21N5O2. The third-order valence-corrected chi connectivity index (χ3v) is 4.37. The summed E-state index contributed by atoms with van der Waals surface area (Å²) in [6, 6.07) is 0. The topological polar surface area (TPSA) is 97.9 Å². The van der Waals surface area contributed by atoms with Crippen molar-refractivity contribution in [1.82, 2.24) is 25.3 Å². The van der Waals surface area contributed by atoms with E-state index in [1.54, 1.807) is 6.20 Å². The van der Waals surface area contributed by atoms with Gasteiger partial charge in [-0.25, -0.2) is 4.79 Å². The maximum atomic E-state index is 11.2. The van der Waals surface area contributed by atoms with Crippen LogP contribution in [0.4, 0.5) is 0 Å². The molecule has 22 heavy (non-hydrogen) atoms. The first kappa shape index (κ1) is 14.8. The van der Waals surface area contributed by atoms with Crippen molar-refractivity contribution in [3.05, 3.63) is 34.9 Å². The standard InChI is InChI=1S/C15H21N5O2/c1-2-10-6-16-18-13(10)11-4-3-5-20(8-11)9-12-7-17-19-14(12)15(21)22/h6-7,11H,2-5,8-9H2,1H3,(H,16,18)(H,17,19)(H,21,22)/t11-/m1/s1. The van der Waals surface area contributed by atoms with Gasteiger partial charge in [-0.3, -0.25) is 15.1 Å². The lowest BCUT2D eigenvalue weighted by Gasteiger charge is -2.32. The Labute approximate surface area is 128 Å². The first-order valence-corrected chi connectivity index (χ1v) is 7.69. The van der Waals surface area contributed by atoms with Crippen LogP contribution in [-0.2, 0) is 13.0 Å². The van der Waals surface area contributed by atoms with Gasteiger partial charge in [-0.05, 0) is 31.4 Å². The number of aromatic nitrogens is 4. The normalized spacial score (nSPS) is 19.4. The Balaban J connectivity index is 1.71. The van der Waals surface area contributed by atoms with Crippen LogP contribution < -0.4 is 0 Å². The summed E-state index contributed by atoms with van der Waals surface area (Å²) in [5.74, 6) is -0.519. The molecule has 0 amide bonds. The zero-order valence-electron chi connectivity index (χ0n) is 12.7. The average Bonchev–Trinajstić information content (AvgIpc) is 3.15. The third kappa shape index (κ3) is 2.89. The van der Waals surface area contributed by atoms with Crippen molar-refractivity contribution in [1.29, 1.82) is 0 Å². The number of aromatic carboxylic acids is 1. The van der Waals surface area contributed by atoms with Crippen LogP contribution in [0.3, 0.4) is 0 Å². The molecule has 0 unspecified atom stereocenters. The van der Waals surface area contributed by atoms with Crippen molar-refractivity contribution in [2.75, 3.05) is 13.1 Å². The highest BCUT2D eigenvalue weighted by atomic mass is 16.4. The Morgan fingerprint density at radius 3 is 2.91 bits per heavy atom. The largest absolute Gasteiger partial charge is 0.477 e. The van der Waals surface area contributed by atoms with Crippen LogP contribution in [-0.4, -0.2) is 49.5 Å². The zero-order valence-corrected chi connectivity index (χ0v) is 12.7. The number of hydrogen-bond acceptors (Lipinski definition) is 4. The summed E-state index contributed by atoms with van der Waals surface area (Å²) < 4.78 is 0. The fraction of sp³-hybridized carbons (Fsp3) is 0.533. The second kappa shape index (κ2) is 6.31. The monoisotopic (exact) mass is 303 g/mol. The van der Waals surface area contributed by atoms with Gasteiger partial charge in [0.25, 0.3) is 0 Å². The molecule has 0 aromatic carbocycles. The smallest absolute Gasteiger partial charge is 0.354 e. The van der Waals surface area contributed by atoms with Gasteiger partial charge in [0.05, 0.1) is 12.4 Å². The van der Waals surface area contributed by atoms with Crippen molar-refractivity contribution in [2.45, 2.75) is 38.6 Å². The highest BCUT2D eigenvalue weighted by Crippen LogP contribution is 2.29. The molecule has 0 saturated carbocycles. The number of aryl methyl sites for hydroxylation is 1. The van der Waals surface area contributed by atoms with E-state index < -0.39 is 5.97 Å². The van der Waals surface area contributed by atoms with Crippen molar-refractivity contribution in [2.24, 2.45) is 0 Å². The van der Waals surface area contributed by atoms with E-state index in [0.717, 1.165) is 37.9 Å². The maximum Gasteiger partial charge on any atom is 0.354 e. The second-order valence-electron chi connectivity index (χ2n) is 5.81. The third-order valence-electron chi connectivity index (χ3n) is 4.37. The van der Waals surface area contributed by atoms with E-state index in [-0.39, 0.29) is 5.69 Å². The number of carbonyl (C=O) groups is 1. The van der Waals surface area contributed by atoms with Crippen molar-refractivity contribution in [3.8, 4) is 0 Å². The van der Waals surface area contributed by atoms with Gasteiger partial charge in [0, 0.05) is 30.3 Å². The van der Waals surface area contributed by atoms with Gasteiger partial charge in [-0.1, -0.05) is 6.92 Å². The molecule has 3 rings (SSSR count). The van der Waals surface area contributed by atoms with Gasteiger partial charge in [0.2, 0.25) is 0 Å². The fourth-order valence-corrected chi connectivity index (χ4v) is 3.25. The predicted molar refractivity (Wildman–Crippen MR) is 80.8 cm³/mol. The van der Waals surface area contributed by atoms with E-state index in [4.69, 9.17) is 5.11 Å². The first-order chi connectivity index (χ1) is 10.7. The summed E-state index contributed by atoms with van der Waals surface area (Å²) >= 11 is 0. The van der Waals surface area contributed by atoms with E-state index in [0.29, 0.717) is 12.5 Å². The Bertz CT molecular complexity index is 648. The minimum absolute atomic E-state index is 0.193. The van der Waals surface area contributed by atoms with Gasteiger partial charge < -0.3 is 5.11 Å². The zero-order chi connectivity index (χ0) is 15.5. The number of carboxylic acid groups (broad SMARTS) is 1. The van der Waals surface area contributed by atoms with Gasteiger partial charge >= 0.3 is 5.97 Å². The summed E-state index contributed by atoms with van der Waals surface area (Å²) in [7, 11) is 0. The summed E-state index contributed by atoms with van der Waals surface area (Å²) in [6.45, 7) is 4.65. The molecule has 3 N–H and O–H groups in total. The molecule has 2 aromatic heterocycles. The van der Waals surface area contributed by atoms with Crippen LogP contribution in [0.15, 0.2) is 12.4 Å². The Hall–Kier alpha value is -2.15. The number of aromatic amines is 2. The van der Waals surface area contributed by atoms with Crippen LogP contribution in [0.5, 0.6) is 0 Å². The van der Waals surface area contributed by atoms with Crippen molar-refractivity contribution >= 4 is 5.97 Å². The van der Waals surface area contributed by atoms with Crippen molar-refractivity contribution in [3.63, 3.8) is 0 Å². The number of carboxylic acids is 1. The molecule has 7 heteroatoms. The lowest BCUT2D eigenvalue weighted by Crippen LogP contribution is -2.34. The first-order valence-electron chi connectivity index (χ1n) is 7.69. The molecule has 1 fully saturated rings. The molecule has 0 spiro atoms. The van der Waals surface area contributed by atoms with E-state index in [9.17, 15) is 4.79 Å². The Morgan fingerprint density at radius 1 is 1.36 bits per heavy atom. The lowest BCUT2D eigenvalue weighted by atomic mass is 9.92. The number of nitrogens with zero attached hydrogens (tertiary/aromatic N) is 3. The Kier molecular flexibility index (Phi) is 4.24. The summed E-state index contributed by atoms with van der Waals surface area (Å²) in [4.78, 5) is 13.5. The molecule has 1 saturated heterocycles. The summed E-state index contributed by atoms with van der Waals surface area (Å²) in [6.07, 6.45) is 6.75. The highest BCUT2D eigenvalue weighted by molar-refractivity contribution is 5.86. The molecular weight excluding hydrogens is 282 g/mol. The number of nitrogens with one attached hydrogen (secondary N) is 2. The number of hydrogen-bond donors (Lipinski definition) is 3. The minimum Gasteiger partial charge on any atom is -0.477 e. The molecule has 1 aliphatic rings. The summed E-state index contributed by atoms with van der Waals surface area (Å²) in [5, 5.41) is 22.9. The van der Waals surface area contributed by atoms with Crippen LogP contribution in [0.1, 0.15) is 53.0 Å². The molecule has 7 nitrogen and oxygen atoms in total. The van der Waals surface area contributed by atoms with Crippen LogP contribution >= 0.6 is 0 Å². The molecule has 2 aromatic rings. The van der Waals surface area contributed by atoms with E-state index >= 15 is 0 Å². The summed E-state index contributed by atoms with van der Waals surface area (Å²) in [5.41, 5.74) is 3.45. The van der Waals surface area contributed by atoms with E-state index in [1.807, 2.05) is 6.20 Å². The SMILES string of the molecule is CCc1cn[nH]c1[C@@H]1CCCN(Cc2cn[nH]c2C(=O)O)C1. The predicted octanol–water partition coefficient (Wildman–Crippen LogP) is 1.77. The van der Waals surface area contributed by atoms with Crippen LogP contribution in [0.25, 0.3) is 0 Å². The maximum absolute atomic E-state index is 11.2. The van der Waals surface area contributed by atoms with Crippen LogP contribution in [0.2, 0.25) is 0 Å². The average molecular weight is 303 g/mol. The number of piperidine rings is 1. The van der Waals surface area contributed by atoms with Crippen molar-refractivity contribution < 1.29 is 9.90 Å². The highest BCUT2D eigenvalue weighted by Gasteiger charge is 2.25. The molecule has 0 aliphatic carbocycles. The van der Waals surface area contributed by atoms with Gasteiger partial charge in [0.15, 0.2) is 0 Å². The van der Waals surface area contributed by atoms with E-state index in [1.165, 1.54) is 11.3 Å². The number of H-pyrrole nitrogens is 2. The molecule has 3 heterocycles. The van der Waals surface area contributed by atoms with Crippen LogP contribution in [0, 0.1) is 0 Å². The number of likely N-dealkylation sites (tertiary alicyclic amines) is 1. The molecule has 1 aliphatic heterocycles. The minimum atomic E-state index is -0.956. The van der Waals surface area contributed by atoms with E-state index in [2.05, 4.69) is 32.2 Å². The van der Waals surface area contributed by atoms with Gasteiger partial charge in [-0.15, -0.1) is 0 Å². The Morgan fingerprint density at radius 2 is 2.14 bits per heavy atom. The molecule has 0 radical (unpaired) electrons. The second-order valence-corrected chi connectivity index (χ2v) is 5.81.